The second-order valence-corrected chi connectivity index (χ2v) is 5.55. The van der Waals surface area contributed by atoms with Gasteiger partial charge in [-0.15, -0.1) is 0 Å². The monoisotopic (exact) mass is 275 g/mol. The smallest absolute Gasteiger partial charge is 0.124 e. The van der Waals surface area contributed by atoms with Crippen molar-refractivity contribution in [2.24, 2.45) is 5.41 Å². The van der Waals surface area contributed by atoms with Gasteiger partial charge in [-0.2, -0.15) is 0 Å². The molecule has 1 aromatic carbocycles. The Morgan fingerprint density at radius 1 is 1.35 bits per heavy atom. The molecule has 1 N–H and O–H groups in total. The van der Waals surface area contributed by atoms with E-state index in [9.17, 15) is 0 Å². The molecule has 0 amide bonds. The van der Waals surface area contributed by atoms with E-state index in [1.165, 1.54) is 18.4 Å². The topological polar surface area (TPSA) is 30.5 Å². The highest BCUT2D eigenvalue weighted by Crippen LogP contribution is 2.48. The van der Waals surface area contributed by atoms with Crippen molar-refractivity contribution in [2.75, 3.05) is 26.9 Å². The molecule has 0 atom stereocenters. The van der Waals surface area contributed by atoms with Gasteiger partial charge in [0.05, 0.1) is 0 Å². The van der Waals surface area contributed by atoms with Crippen molar-refractivity contribution in [3.8, 4) is 5.75 Å². The minimum atomic E-state index is 0.479. The number of hydrogen-bond acceptors (Lipinski definition) is 3. The van der Waals surface area contributed by atoms with Crippen LogP contribution in [-0.4, -0.2) is 26.9 Å². The molecule has 0 aliphatic heterocycles. The van der Waals surface area contributed by atoms with Crippen LogP contribution in [0.4, 0.5) is 0 Å². The Kier molecular flexibility index (Phi) is 5.62. The maximum Gasteiger partial charge on any atom is 0.124 e. The predicted octanol–water partition coefficient (Wildman–Crippen LogP) is 3.16. The zero-order chi connectivity index (χ0) is 14.3. The first-order chi connectivity index (χ1) is 9.79. The first-order valence-corrected chi connectivity index (χ1v) is 7.31. The summed E-state index contributed by atoms with van der Waals surface area (Å²) in [5, 5.41) is 3.57. The van der Waals surface area contributed by atoms with Gasteiger partial charge in [0, 0.05) is 32.4 Å². The molecule has 1 aromatic rings. The summed E-state index contributed by atoms with van der Waals surface area (Å²) in [6.45, 7) is 7.01. The highest BCUT2D eigenvalue weighted by molar-refractivity contribution is 5.33. The molecule has 2 rings (SSSR count). The van der Waals surface area contributed by atoms with E-state index in [-0.39, 0.29) is 0 Å². The van der Waals surface area contributed by atoms with Crippen molar-refractivity contribution in [1.29, 1.82) is 0 Å². The standard InChI is InChI=1S/C17H25NO2/c1-3-11-20-16-7-5-4-6-15(16)13-18-14-17(8-9-17)10-12-19-2/h3-7,18H,1,8-14H2,2H3. The van der Waals surface area contributed by atoms with Gasteiger partial charge in [-0.25, -0.2) is 0 Å². The lowest BCUT2D eigenvalue weighted by Gasteiger charge is -2.16. The first-order valence-electron chi connectivity index (χ1n) is 7.31. The molecule has 1 aliphatic rings. The predicted molar refractivity (Wildman–Crippen MR) is 82.0 cm³/mol. The minimum absolute atomic E-state index is 0.479. The molecule has 3 heteroatoms. The number of nitrogens with one attached hydrogen (secondary N) is 1. The summed E-state index contributed by atoms with van der Waals surface area (Å²) in [6.07, 6.45) is 5.56. The Morgan fingerprint density at radius 2 is 2.15 bits per heavy atom. The van der Waals surface area contributed by atoms with Crippen molar-refractivity contribution in [3.05, 3.63) is 42.5 Å². The summed E-state index contributed by atoms with van der Waals surface area (Å²) < 4.78 is 10.9. The van der Waals surface area contributed by atoms with Gasteiger partial charge in [-0.1, -0.05) is 30.9 Å². The van der Waals surface area contributed by atoms with E-state index in [4.69, 9.17) is 9.47 Å². The van der Waals surface area contributed by atoms with E-state index in [0.717, 1.165) is 31.9 Å². The van der Waals surface area contributed by atoms with Gasteiger partial charge >= 0.3 is 0 Å². The molecule has 0 saturated heterocycles. The normalized spacial score (nSPS) is 15.8. The van der Waals surface area contributed by atoms with Gasteiger partial charge in [0.25, 0.3) is 0 Å². The average Bonchev–Trinajstić information content (AvgIpc) is 3.24. The fourth-order valence-electron chi connectivity index (χ4n) is 2.41. The van der Waals surface area contributed by atoms with E-state index in [0.29, 0.717) is 12.0 Å². The third-order valence-corrected chi connectivity index (χ3v) is 3.94. The molecule has 0 bridgehead atoms. The molecule has 0 radical (unpaired) electrons. The minimum Gasteiger partial charge on any atom is -0.489 e. The molecular weight excluding hydrogens is 250 g/mol. The lowest BCUT2D eigenvalue weighted by molar-refractivity contribution is 0.171. The molecule has 0 heterocycles. The van der Waals surface area contributed by atoms with Crippen LogP contribution in [0.3, 0.4) is 0 Å². The van der Waals surface area contributed by atoms with E-state index in [1.54, 1.807) is 13.2 Å². The lowest BCUT2D eigenvalue weighted by atomic mass is 10.0. The highest BCUT2D eigenvalue weighted by Gasteiger charge is 2.41. The Balaban J connectivity index is 1.80. The van der Waals surface area contributed by atoms with Gasteiger partial charge in [0.1, 0.15) is 12.4 Å². The maximum absolute atomic E-state index is 5.67. The first kappa shape index (κ1) is 15.1. The summed E-state index contributed by atoms with van der Waals surface area (Å²) >= 11 is 0. The Bertz CT molecular complexity index is 427. The Hall–Kier alpha value is -1.32. The van der Waals surface area contributed by atoms with Gasteiger partial charge in [0.15, 0.2) is 0 Å². The molecule has 1 fully saturated rings. The van der Waals surface area contributed by atoms with Gasteiger partial charge in [0.2, 0.25) is 0 Å². The molecule has 3 nitrogen and oxygen atoms in total. The zero-order valence-corrected chi connectivity index (χ0v) is 12.4. The second kappa shape index (κ2) is 7.46. The largest absolute Gasteiger partial charge is 0.489 e. The van der Waals surface area contributed by atoms with Crippen LogP contribution in [0.1, 0.15) is 24.8 Å². The highest BCUT2D eigenvalue weighted by atomic mass is 16.5. The van der Waals surface area contributed by atoms with E-state index < -0.39 is 0 Å². The third kappa shape index (κ3) is 4.36. The van der Waals surface area contributed by atoms with E-state index >= 15 is 0 Å². The summed E-state index contributed by atoms with van der Waals surface area (Å²) in [5.74, 6) is 0.946. The summed E-state index contributed by atoms with van der Waals surface area (Å²) in [4.78, 5) is 0. The maximum atomic E-state index is 5.67. The fraction of sp³-hybridized carbons (Fsp3) is 0.529. The van der Waals surface area contributed by atoms with Crippen molar-refractivity contribution in [3.63, 3.8) is 0 Å². The van der Waals surface area contributed by atoms with Crippen LogP contribution < -0.4 is 10.1 Å². The van der Waals surface area contributed by atoms with Crippen molar-refractivity contribution >= 4 is 0 Å². The number of ether oxygens (including phenoxy) is 2. The summed E-state index contributed by atoms with van der Waals surface area (Å²) in [6, 6.07) is 8.18. The number of methoxy groups -OCH3 is 1. The Morgan fingerprint density at radius 3 is 2.85 bits per heavy atom. The van der Waals surface area contributed by atoms with Crippen LogP contribution in [0, 0.1) is 5.41 Å². The summed E-state index contributed by atoms with van der Waals surface area (Å²) in [5.41, 5.74) is 1.68. The fourth-order valence-corrected chi connectivity index (χ4v) is 2.41. The number of benzene rings is 1. The van der Waals surface area contributed by atoms with Crippen LogP contribution in [0.5, 0.6) is 5.75 Å². The second-order valence-electron chi connectivity index (χ2n) is 5.55. The molecule has 1 aliphatic carbocycles. The third-order valence-electron chi connectivity index (χ3n) is 3.94. The summed E-state index contributed by atoms with van der Waals surface area (Å²) in [7, 11) is 1.77. The number of rotatable bonds is 10. The van der Waals surface area contributed by atoms with Crippen LogP contribution in [-0.2, 0) is 11.3 Å². The van der Waals surface area contributed by atoms with Crippen molar-refractivity contribution in [2.45, 2.75) is 25.8 Å². The van der Waals surface area contributed by atoms with Gasteiger partial charge in [-0.3, -0.25) is 0 Å². The van der Waals surface area contributed by atoms with Crippen LogP contribution >= 0.6 is 0 Å². The SMILES string of the molecule is C=CCOc1ccccc1CNCC1(CCOC)CC1. The molecule has 0 spiro atoms. The van der Waals surface area contributed by atoms with E-state index in [2.05, 4.69) is 24.0 Å². The Labute approximate surface area is 122 Å². The van der Waals surface area contributed by atoms with E-state index in [1.807, 2.05) is 12.1 Å². The van der Waals surface area contributed by atoms with Gasteiger partial charge < -0.3 is 14.8 Å². The van der Waals surface area contributed by atoms with Crippen molar-refractivity contribution in [1.82, 2.24) is 5.32 Å². The molecule has 20 heavy (non-hydrogen) atoms. The van der Waals surface area contributed by atoms with Crippen LogP contribution in [0.2, 0.25) is 0 Å². The zero-order valence-electron chi connectivity index (χ0n) is 12.4. The van der Waals surface area contributed by atoms with Gasteiger partial charge in [-0.05, 0) is 30.7 Å². The number of para-hydroxylation sites is 1. The molecule has 0 aromatic heterocycles. The van der Waals surface area contributed by atoms with Crippen LogP contribution in [0.25, 0.3) is 0 Å². The quantitative estimate of drug-likeness (QED) is 0.665. The molecule has 0 unspecified atom stereocenters. The van der Waals surface area contributed by atoms with Crippen molar-refractivity contribution < 1.29 is 9.47 Å². The lowest BCUT2D eigenvalue weighted by Crippen LogP contribution is -2.24. The molecule has 110 valence electrons. The molecule has 1 saturated carbocycles. The average molecular weight is 275 g/mol. The van der Waals surface area contributed by atoms with Crippen LogP contribution in [0.15, 0.2) is 36.9 Å². The number of hydrogen-bond donors (Lipinski definition) is 1. The molecular formula is C17H25NO2.